The van der Waals surface area contributed by atoms with Crippen molar-refractivity contribution in [3.63, 3.8) is 0 Å². The van der Waals surface area contributed by atoms with Crippen LogP contribution in [0.15, 0.2) is 0 Å². The summed E-state index contributed by atoms with van der Waals surface area (Å²) in [5.41, 5.74) is -0.470. The number of carbonyl (C=O) groups excluding carboxylic acids is 1. The Labute approximate surface area is 97.9 Å². The first-order valence-corrected chi connectivity index (χ1v) is 5.83. The van der Waals surface area contributed by atoms with E-state index < -0.39 is 5.60 Å². The summed E-state index contributed by atoms with van der Waals surface area (Å²) in [6.07, 6.45) is 1.96. The molecular weight excluding hydrogens is 208 g/mol. The van der Waals surface area contributed by atoms with Gasteiger partial charge in [0.2, 0.25) is 0 Å². The molecule has 0 aliphatic rings. The predicted octanol–water partition coefficient (Wildman–Crippen LogP) is 1.90. The highest BCUT2D eigenvalue weighted by molar-refractivity contribution is 5.71. The van der Waals surface area contributed by atoms with Gasteiger partial charge in [0.15, 0.2) is 0 Å². The highest BCUT2D eigenvalue weighted by atomic mass is 16.6. The minimum atomic E-state index is -0.470. The number of ether oxygens (including phenoxy) is 2. The van der Waals surface area contributed by atoms with Crippen LogP contribution in [0.5, 0.6) is 0 Å². The summed E-state index contributed by atoms with van der Waals surface area (Å²) in [6, 6.07) is 0. The number of aliphatic hydroxyl groups excluding tert-OH is 1. The zero-order valence-electron chi connectivity index (χ0n) is 10.8. The second kappa shape index (κ2) is 7.63. The third kappa shape index (κ3) is 9.93. The molecule has 4 heteroatoms. The Kier molecular flexibility index (Phi) is 7.34. The van der Waals surface area contributed by atoms with Crippen molar-refractivity contribution in [2.75, 3.05) is 13.2 Å². The summed E-state index contributed by atoms with van der Waals surface area (Å²) in [6.45, 7) is 7.81. The van der Waals surface area contributed by atoms with E-state index in [9.17, 15) is 9.90 Å². The van der Waals surface area contributed by atoms with Crippen LogP contribution in [0.1, 0.15) is 47.0 Å². The Balaban J connectivity index is 3.48. The molecule has 0 aromatic carbocycles. The van der Waals surface area contributed by atoms with Crippen LogP contribution in [0.25, 0.3) is 0 Å². The largest absolute Gasteiger partial charge is 0.458 e. The molecule has 96 valence electrons. The molecule has 1 unspecified atom stereocenters. The normalized spacial score (nSPS) is 13.6. The molecule has 0 radical (unpaired) electrons. The van der Waals surface area contributed by atoms with Gasteiger partial charge in [-0.2, -0.15) is 0 Å². The van der Waals surface area contributed by atoms with E-state index in [1.165, 1.54) is 0 Å². The van der Waals surface area contributed by atoms with E-state index in [1.807, 2.05) is 27.7 Å². The summed E-state index contributed by atoms with van der Waals surface area (Å²) >= 11 is 0. The number of carbonyl (C=O) groups is 1. The van der Waals surface area contributed by atoms with Crippen molar-refractivity contribution in [2.45, 2.75) is 58.7 Å². The fourth-order valence-electron chi connectivity index (χ4n) is 1.22. The molecule has 0 amide bonds. The third-order valence-electron chi connectivity index (χ3n) is 1.86. The molecule has 0 bridgehead atoms. The van der Waals surface area contributed by atoms with E-state index in [0.29, 0.717) is 13.0 Å². The second-order valence-electron chi connectivity index (χ2n) is 4.87. The molecule has 0 heterocycles. The lowest BCUT2D eigenvalue weighted by Gasteiger charge is -2.19. The molecule has 0 aromatic heterocycles. The molecule has 4 nitrogen and oxygen atoms in total. The van der Waals surface area contributed by atoms with E-state index in [1.54, 1.807) is 0 Å². The lowest BCUT2D eigenvalue weighted by molar-refractivity contribution is -0.160. The van der Waals surface area contributed by atoms with Crippen LogP contribution < -0.4 is 0 Å². The maximum absolute atomic E-state index is 11.2. The summed E-state index contributed by atoms with van der Waals surface area (Å²) in [5, 5.41) is 9.40. The summed E-state index contributed by atoms with van der Waals surface area (Å²) in [4.78, 5) is 11.2. The SMILES string of the molecule is CCCC(O)CCOCC(=O)OC(C)(C)C. The van der Waals surface area contributed by atoms with Crippen LogP contribution in [-0.4, -0.2) is 36.0 Å². The number of rotatable bonds is 7. The Hall–Kier alpha value is -0.610. The molecular formula is C12H24O4. The van der Waals surface area contributed by atoms with Crippen LogP contribution in [0, 0.1) is 0 Å². The third-order valence-corrected chi connectivity index (χ3v) is 1.86. The first-order chi connectivity index (χ1) is 7.35. The van der Waals surface area contributed by atoms with Crippen LogP contribution >= 0.6 is 0 Å². The first-order valence-electron chi connectivity index (χ1n) is 5.83. The van der Waals surface area contributed by atoms with Gasteiger partial charge in [0, 0.05) is 6.61 Å². The number of hydrogen-bond acceptors (Lipinski definition) is 4. The maximum Gasteiger partial charge on any atom is 0.332 e. The summed E-state index contributed by atoms with van der Waals surface area (Å²) < 4.78 is 10.2. The van der Waals surface area contributed by atoms with Gasteiger partial charge < -0.3 is 14.6 Å². The van der Waals surface area contributed by atoms with Crippen LogP contribution in [0.4, 0.5) is 0 Å². The summed E-state index contributed by atoms with van der Waals surface area (Å²) in [7, 11) is 0. The smallest absolute Gasteiger partial charge is 0.332 e. The molecule has 1 atom stereocenters. The Morgan fingerprint density at radius 1 is 1.31 bits per heavy atom. The molecule has 0 saturated heterocycles. The standard InChI is InChI=1S/C12H24O4/c1-5-6-10(13)7-8-15-9-11(14)16-12(2,3)4/h10,13H,5-9H2,1-4H3. The zero-order chi connectivity index (χ0) is 12.6. The fourth-order valence-corrected chi connectivity index (χ4v) is 1.22. The minimum absolute atomic E-state index is 0.0455. The highest BCUT2D eigenvalue weighted by Crippen LogP contribution is 2.07. The maximum atomic E-state index is 11.2. The number of hydrogen-bond donors (Lipinski definition) is 1. The Bertz CT molecular complexity index is 196. The number of esters is 1. The van der Waals surface area contributed by atoms with Crippen molar-refractivity contribution in [3.8, 4) is 0 Å². The topological polar surface area (TPSA) is 55.8 Å². The Morgan fingerprint density at radius 3 is 2.44 bits per heavy atom. The molecule has 1 N–H and O–H groups in total. The van der Waals surface area contributed by atoms with Gasteiger partial charge >= 0.3 is 5.97 Å². The number of aliphatic hydroxyl groups is 1. The van der Waals surface area contributed by atoms with Crippen molar-refractivity contribution >= 4 is 5.97 Å². The molecule has 16 heavy (non-hydrogen) atoms. The predicted molar refractivity (Wildman–Crippen MR) is 62.2 cm³/mol. The van der Waals surface area contributed by atoms with Crippen LogP contribution in [-0.2, 0) is 14.3 Å². The molecule has 0 aliphatic carbocycles. The van der Waals surface area contributed by atoms with Crippen LogP contribution in [0.2, 0.25) is 0 Å². The second-order valence-corrected chi connectivity index (χ2v) is 4.87. The molecule has 0 aromatic rings. The van der Waals surface area contributed by atoms with E-state index in [0.717, 1.165) is 12.8 Å². The summed E-state index contributed by atoms with van der Waals surface area (Å²) in [5.74, 6) is -0.363. The van der Waals surface area contributed by atoms with Crippen molar-refractivity contribution < 1.29 is 19.4 Å². The van der Waals surface area contributed by atoms with Crippen molar-refractivity contribution in [3.05, 3.63) is 0 Å². The van der Waals surface area contributed by atoms with E-state index in [4.69, 9.17) is 9.47 Å². The van der Waals surface area contributed by atoms with Gasteiger partial charge in [-0.3, -0.25) is 0 Å². The average molecular weight is 232 g/mol. The molecule has 0 rings (SSSR count). The zero-order valence-corrected chi connectivity index (χ0v) is 10.8. The van der Waals surface area contributed by atoms with E-state index >= 15 is 0 Å². The minimum Gasteiger partial charge on any atom is -0.458 e. The molecule has 0 saturated carbocycles. The van der Waals surface area contributed by atoms with Crippen molar-refractivity contribution in [2.24, 2.45) is 0 Å². The van der Waals surface area contributed by atoms with Crippen molar-refractivity contribution in [1.82, 2.24) is 0 Å². The quantitative estimate of drug-likeness (QED) is 0.538. The van der Waals surface area contributed by atoms with E-state index in [-0.39, 0.29) is 18.7 Å². The highest BCUT2D eigenvalue weighted by Gasteiger charge is 2.16. The van der Waals surface area contributed by atoms with Crippen molar-refractivity contribution in [1.29, 1.82) is 0 Å². The van der Waals surface area contributed by atoms with Gasteiger partial charge in [-0.1, -0.05) is 13.3 Å². The first kappa shape index (κ1) is 15.4. The van der Waals surface area contributed by atoms with Gasteiger partial charge in [0.1, 0.15) is 12.2 Å². The fraction of sp³-hybridized carbons (Fsp3) is 0.917. The van der Waals surface area contributed by atoms with Crippen LogP contribution in [0.3, 0.4) is 0 Å². The Morgan fingerprint density at radius 2 is 1.94 bits per heavy atom. The van der Waals surface area contributed by atoms with E-state index in [2.05, 4.69) is 0 Å². The molecule has 0 fully saturated rings. The lowest BCUT2D eigenvalue weighted by atomic mass is 10.1. The lowest BCUT2D eigenvalue weighted by Crippen LogP contribution is -2.26. The molecule has 0 aliphatic heterocycles. The van der Waals surface area contributed by atoms with Gasteiger partial charge in [0.05, 0.1) is 6.10 Å². The van der Waals surface area contributed by atoms with Gasteiger partial charge in [-0.05, 0) is 33.6 Å². The monoisotopic (exact) mass is 232 g/mol. The van der Waals surface area contributed by atoms with Gasteiger partial charge in [-0.15, -0.1) is 0 Å². The van der Waals surface area contributed by atoms with Gasteiger partial charge in [0.25, 0.3) is 0 Å². The van der Waals surface area contributed by atoms with Gasteiger partial charge in [-0.25, -0.2) is 4.79 Å². The molecule has 0 spiro atoms. The average Bonchev–Trinajstić information content (AvgIpc) is 2.10.